The standard InChI is InChI=1S/C73H132O6/c1-4-7-10-13-16-19-22-25-28-30-32-33-34-35-36-37-38-39-41-42-45-48-51-54-57-60-63-66-72(75)78-69-70(68-77-71(74)65-62-59-56-53-50-47-44-27-24-21-18-15-12-9-6-3)79-73(76)67-64-61-58-55-52-49-46-43-40-31-29-26-23-20-17-14-11-8-5-2/h9,12,18,21,27,30,32,44,50,53,70H,4-8,10-11,13-17,19-20,22-26,28-29,31,33-43,45-49,51-52,54-69H2,1-3H3/b12-9-,21-18-,32-30-,44-27-,53-50-. The van der Waals surface area contributed by atoms with Gasteiger partial charge in [-0.25, -0.2) is 0 Å². The summed E-state index contributed by atoms with van der Waals surface area (Å²) in [6.45, 7) is 6.55. The van der Waals surface area contributed by atoms with E-state index < -0.39 is 6.10 Å². The average Bonchev–Trinajstić information content (AvgIpc) is 3.45. The molecule has 0 radical (unpaired) electrons. The number of carbonyl (C=O) groups is 3. The molecule has 6 nitrogen and oxygen atoms in total. The Kier molecular flexibility index (Phi) is 65.1. The smallest absolute Gasteiger partial charge is 0.306 e. The molecule has 0 fully saturated rings. The van der Waals surface area contributed by atoms with E-state index in [9.17, 15) is 14.4 Å². The van der Waals surface area contributed by atoms with Crippen LogP contribution in [0.2, 0.25) is 0 Å². The van der Waals surface area contributed by atoms with Crippen molar-refractivity contribution in [1.29, 1.82) is 0 Å². The van der Waals surface area contributed by atoms with Crippen LogP contribution < -0.4 is 0 Å². The Bertz CT molecular complexity index is 1410. The Morgan fingerprint density at radius 1 is 0.266 bits per heavy atom. The van der Waals surface area contributed by atoms with Crippen LogP contribution >= 0.6 is 0 Å². The summed E-state index contributed by atoms with van der Waals surface area (Å²) in [5, 5.41) is 0. The zero-order valence-electron chi connectivity index (χ0n) is 52.9. The lowest BCUT2D eigenvalue weighted by Crippen LogP contribution is -2.30. The number of carbonyl (C=O) groups excluding carboxylic acids is 3. The van der Waals surface area contributed by atoms with Crippen LogP contribution in [0.3, 0.4) is 0 Å². The Labute approximate surface area is 491 Å². The van der Waals surface area contributed by atoms with Crippen LogP contribution in [0.15, 0.2) is 60.8 Å². The lowest BCUT2D eigenvalue weighted by molar-refractivity contribution is -0.167. The van der Waals surface area contributed by atoms with Gasteiger partial charge in [-0.3, -0.25) is 14.4 Å². The fourth-order valence-corrected chi connectivity index (χ4v) is 10.3. The number of hydrogen-bond acceptors (Lipinski definition) is 6. The first-order chi connectivity index (χ1) is 39.0. The van der Waals surface area contributed by atoms with Gasteiger partial charge in [0.15, 0.2) is 6.10 Å². The summed E-state index contributed by atoms with van der Waals surface area (Å²) >= 11 is 0. The highest BCUT2D eigenvalue weighted by atomic mass is 16.6. The summed E-state index contributed by atoms with van der Waals surface area (Å²) in [6.07, 6.45) is 86.9. The highest BCUT2D eigenvalue weighted by Crippen LogP contribution is 2.18. The molecule has 0 aromatic heterocycles. The molecule has 79 heavy (non-hydrogen) atoms. The van der Waals surface area contributed by atoms with E-state index >= 15 is 0 Å². The number of rotatable bonds is 64. The first-order valence-electron chi connectivity index (χ1n) is 34.8. The van der Waals surface area contributed by atoms with E-state index in [1.165, 1.54) is 244 Å². The normalized spacial score (nSPS) is 12.4. The van der Waals surface area contributed by atoms with E-state index in [2.05, 4.69) is 81.5 Å². The van der Waals surface area contributed by atoms with E-state index in [1.807, 2.05) is 0 Å². The molecule has 0 rings (SSSR count). The van der Waals surface area contributed by atoms with Crippen molar-refractivity contribution in [1.82, 2.24) is 0 Å². The Balaban J connectivity index is 4.27. The second-order valence-corrected chi connectivity index (χ2v) is 23.4. The molecule has 0 aromatic rings. The van der Waals surface area contributed by atoms with E-state index in [-0.39, 0.29) is 31.1 Å². The third-order valence-corrected chi connectivity index (χ3v) is 15.5. The van der Waals surface area contributed by atoms with Crippen molar-refractivity contribution in [3.63, 3.8) is 0 Å². The van der Waals surface area contributed by atoms with Gasteiger partial charge in [0.25, 0.3) is 0 Å². The predicted molar refractivity (Wildman–Crippen MR) is 344 cm³/mol. The van der Waals surface area contributed by atoms with E-state index in [1.54, 1.807) is 0 Å². The SMILES string of the molecule is CC/C=C\C/C=C\C/C=C\C/C=C\CCCCC(=O)OCC(COC(=O)CCCCCCCCCCCCCCCCC/C=C\CCCCCCCCCC)OC(=O)CCCCCCCCCCCCCCCCCCCCC. The first kappa shape index (κ1) is 76.1. The van der Waals surface area contributed by atoms with Crippen LogP contribution in [0.4, 0.5) is 0 Å². The van der Waals surface area contributed by atoms with E-state index in [4.69, 9.17) is 14.2 Å². The van der Waals surface area contributed by atoms with Gasteiger partial charge < -0.3 is 14.2 Å². The predicted octanol–water partition coefficient (Wildman–Crippen LogP) is 23.9. The minimum atomic E-state index is -0.790. The zero-order valence-corrected chi connectivity index (χ0v) is 52.9. The average molecular weight is 1110 g/mol. The summed E-state index contributed by atoms with van der Waals surface area (Å²) in [5.41, 5.74) is 0. The largest absolute Gasteiger partial charge is 0.462 e. The van der Waals surface area contributed by atoms with Crippen LogP contribution in [0.1, 0.15) is 367 Å². The van der Waals surface area contributed by atoms with Crippen molar-refractivity contribution in [2.24, 2.45) is 0 Å². The number of allylic oxidation sites excluding steroid dienone is 10. The van der Waals surface area contributed by atoms with Crippen molar-refractivity contribution in [2.75, 3.05) is 13.2 Å². The summed E-state index contributed by atoms with van der Waals surface area (Å²) < 4.78 is 16.9. The maximum absolute atomic E-state index is 12.9. The first-order valence-corrected chi connectivity index (χ1v) is 34.8. The van der Waals surface area contributed by atoms with Gasteiger partial charge in [-0.05, 0) is 83.5 Å². The number of ether oxygens (including phenoxy) is 3. The van der Waals surface area contributed by atoms with Crippen molar-refractivity contribution < 1.29 is 28.6 Å². The second kappa shape index (κ2) is 67.6. The molecule has 1 atom stereocenters. The molecule has 460 valence electrons. The molecule has 0 aliphatic heterocycles. The Morgan fingerprint density at radius 2 is 0.494 bits per heavy atom. The van der Waals surface area contributed by atoms with Crippen LogP contribution in [0.25, 0.3) is 0 Å². The van der Waals surface area contributed by atoms with Gasteiger partial charge in [-0.2, -0.15) is 0 Å². The molecule has 0 saturated heterocycles. The molecule has 1 unspecified atom stereocenters. The van der Waals surface area contributed by atoms with Gasteiger partial charge in [0.2, 0.25) is 0 Å². The highest BCUT2D eigenvalue weighted by Gasteiger charge is 2.19. The van der Waals surface area contributed by atoms with Crippen molar-refractivity contribution >= 4 is 17.9 Å². The van der Waals surface area contributed by atoms with Crippen LogP contribution in [-0.2, 0) is 28.6 Å². The number of hydrogen-bond donors (Lipinski definition) is 0. The maximum Gasteiger partial charge on any atom is 0.306 e. The molecule has 6 heteroatoms. The summed E-state index contributed by atoms with van der Waals surface area (Å²) in [6, 6.07) is 0. The molecule has 0 spiro atoms. The monoisotopic (exact) mass is 1110 g/mol. The van der Waals surface area contributed by atoms with Gasteiger partial charge in [0, 0.05) is 19.3 Å². The number of unbranched alkanes of at least 4 members (excludes halogenated alkanes) is 43. The maximum atomic E-state index is 12.9. The van der Waals surface area contributed by atoms with E-state index in [0.29, 0.717) is 19.3 Å². The molecule has 0 aliphatic carbocycles. The van der Waals surface area contributed by atoms with Gasteiger partial charge >= 0.3 is 17.9 Å². The van der Waals surface area contributed by atoms with Crippen molar-refractivity contribution in [3.8, 4) is 0 Å². The zero-order chi connectivity index (χ0) is 57.1. The minimum Gasteiger partial charge on any atom is -0.462 e. The topological polar surface area (TPSA) is 78.9 Å². The van der Waals surface area contributed by atoms with Gasteiger partial charge in [-0.15, -0.1) is 0 Å². The fraction of sp³-hybridized carbons (Fsp3) is 0.822. The molecular weight excluding hydrogens is 973 g/mol. The van der Waals surface area contributed by atoms with Crippen LogP contribution in [0.5, 0.6) is 0 Å². The fourth-order valence-electron chi connectivity index (χ4n) is 10.3. The third kappa shape index (κ3) is 65.8. The quantitative estimate of drug-likeness (QED) is 0.0261. The Hall–Kier alpha value is -2.89. The summed E-state index contributed by atoms with van der Waals surface area (Å²) in [5.74, 6) is -0.903. The third-order valence-electron chi connectivity index (χ3n) is 15.5. The van der Waals surface area contributed by atoms with Gasteiger partial charge in [0.1, 0.15) is 13.2 Å². The molecule has 0 N–H and O–H groups in total. The van der Waals surface area contributed by atoms with Crippen LogP contribution in [0, 0.1) is 0 Å². The van der Waals surface area contributed by atoms with Gasteiger partial charge in [-0.1, -0.05) is 326 Å². The summed E-state index contributed by atoms with van der Waals surface area (Å²) in [4.78, 5) is 38.4. The molecular formula is C73H132O6. The summed E-state index contributed by atoms with van der Waals surface area (Å²) in [7, 11) is 0. The lowest BCUT2D eigenvalue weighted by atomic mass is 10.0. The van der Waals surface area contributed by atoms with Crippen molar-refractivity contribution in [3.05, 3.63) is 60.8 Å². The number of esters is 3. The van der Waals surface area contributed by atoms with Crippen molar-refractivity contribution in [2.45, 2.75) is 374 Å². The van der Waals surface area contributed by atoms with E-state index in [0.717, 1.165) is 83.5 Å². The molecule has 0 aliphatic rings. The molecule has 0 aromatic carbocycles. The second-order valence-electron chi connectivity index (χ2n) is 23.4. The highest BCUT2D eigenvalue weighted by molar-refractivity contribution is 5.71. The lowest BCUT2D eigenvalue weighted by Gasteiger charge is -2.18. The molecule has 0 heterocycles. The molecule has 0 saturated carbocycles. The molecule has 0 amide bonds. The van der Waals surface area contributed by atoms with Crippen LogP contribution in [-0.4, -0.2) is 37.2 Å². The minimum absolute atomic E-state index is 0.0831. The van der Waals surface area contributed by atoms with Gasteiger partial charge in [0.05, 0.1) is 0 Å². The molecule has 0 bridgehead atoms. The Morgan fingerprint density at radius 3 is 0.810 bits per heavy atom.